The number of hydrogen-bond acceptors (Lipinski definition) is 2. The Bertz CT molecular complexity index is 1120. The Kier molecular flexibility index (Phi) is 10.9. The molecular weight excluding hydrogens is 456 g/mol. The van der Waals surface area contributed by atoms with Crippen LogP contribution in [0.2, 0.25) is 0 Å². The fourth-order valence-electron chi connectivity index (χ4n) is 4.53. The zero-order chi connectivity index (χ0) is 26.6. The Morgan fingerprint density at radius 1 is 0.865 bits per heavy atom. The maximum atomic E-state index is 13.8. The molecule has 3 aromatic carbocycles. The topological polar surface area (TPSA) is 49.4 Å². The van der Waals surface area contributed by atoms with Crippen LogP contribution < -0.4 is 5.32 Å². The van der Waals surface area contributed by atoms with Crippen molar-refractivity contribution < 1.29 is 9.59 Å². The van der Waals surface area contributed by atoms with E-state index in [1.54, 1.807) is 4.90 Å². The molecule has 3 aromatic rings. The van der Waals surface area contributed by atoms with Crippen molar-refractivity contribution in [2.75, 3.05) is 6.54 Å². The number of nitrogens with one attached hydrogen (secondary N) is 1. The van der Waals surface area contributed by atoms with E-state index in [2.05, 4.69) is 69.4 Å². The van der Waals surface area contributed by atoms with E-state index in [0.717, 1.165) is 35.1 Å². The molecule has 4 nitrogen and oxygen atoms in total. The molecule has 37 heavy (non-hydrogen) atoms. The van der Waals surface area contributed by atoms with Crippen molar-refractivity contribution in [3.05, 3.63) is 107 Å². The van der Waals surface area contributed by atoms with Crippen molar-refractivity contribution in [3.63, 3.8) is 0 Å². The number of rotatable bonds is 13. The first-order valence-electron chi connectivity index (χ1n) is 13.6. The van der Waals surface area contributed by atoms with Crippen LogP contribution in [-0.2, 0) is 29.0 Å². The molecule has 1 N–H and O–H groups in total. The number of amides is 2. The number of carbonyl (C=O) groups excluding carboxylic acids is 2. The minimum atomic E-state index is -0.574. The highest BCUT2D eigenvalue weighted by Gasteiger charge is 2.30. The van der Waals surface area contributed by atoms with Crippen LogP contribution in [0.1, 0.15) is 73.8 Å². The largest absolute Gasteiger partial charge is 0.354 e. The standard InChI is InChI=1S/C33H42N2O2/c1-5-6-21-34-33(37)31(23-28-12-8-7-9-13-28)35(24-29-14-10-11-26(4)22-29)32(36)20-17-27-15-18-30(19-16-27)25(2)3/h7-16,18-19,22,25,31H,5-6,17,20-21,23-24H2,1-4H3,(H,34,37). The molecule has 0 heterocycles. The summed E-state index contributed by atoms with van der Waals surface area (Å²) >= 11 is 0. The third-order valence-electron chi connectivity index (χ3n) is 6.81. The molecule has 0 bridgehead atoms. The Morgan fingerprint density at radius 2 is 1.57 bits per heavy atom. The Morgan fingerprint density at radius 3 is 2.22 bits per heavy atom. The number of nitrogens with zero attached hydrogens (tertiary/aromatic N) is 1. The first-order valence-corrected chi connectivity index (χ1v) is 13.6. The third kappa shape index (κ3) is 8.89. The molecule has 4 heteroatoms. The van der Waals surface area contributed by atoms with Gasteiger partial charge >= 0.3 is 0 Å². The highest BCUT2D eigenvalue weighted by Crippen LogP contribution is 2.19. The fourth-order valence-corrected chi connectivity index (χ4v) is 4.53. The minimum Gasteiger partial charge on any atom is -0.354 e. The smallest absolute Gasteiger partial charge is 0.243 e. The van der Waals surface area contributed by atoms with Gasteiger partial charge in [-0.1, -0.05) is 112 Å². The van der Waals surface area contributed by atoms with Crippen LogP contribution in [0.3, 0.4) is 0 Å². The summed E-state index contributed by atoms with van der Waals surface area (Å²) in [6.45, 7) is 9.55. The van der Waals surface area contributed by atoms with E-state index < -0.39 is 6.04 Å². The van der Waals surface area contributed by atoms with Crippen LogP contribution in [0.4, 0.5) is 0 Å². The van der Waals surface area contributed by atoms with Gasteiger partial charge in [0.2, 0.25) is 11.8 Å². The van der Waals surface area contributed by atoms with Crippen LogP contribution in [0.15, 0.2) is 78.9 Å². The molecule has 0 aliphatic rings. The van der Waals surface area contributed by atoms with Crippen molar-refractivity contribution in [1.82, 2.24) is 10.2 Å². The summed E-state index contributed by atoms with van der Waals surface area (Å²) in [6.07, 6.45) is 3.42. The van der Waals surface area contributed by atoms with Gasteiger partial charge < -0.3 is 10.2 Å². The van der Waals surface area contributed by atoms with Crippen molar-refractivity contribution in [1.29, 1.82) is 0 Å². The highest BCUT2D eigenvalue weighted by atomic mass is 16.2. The quantitative estimate of drug-likeness (QED) is 0.270. The average molecular weight is 499 g/mol. The van der Waals surface area contributed by atoms with Crippen molar-refractivity contribution in [2.24, 2.45) is 0 Å². The number of hydrogen-bond donors (Lipinski definition) is 1. The lowest BCUT2D eigenvalue weighted by Gasteiger charge is -2.32. The monoisotopic (exact) mass is 498 g/mol. The molecule has 0 aliphatic heterocycles. The number of carbonyl (C=O) groups is 2. The van der Waals surface area contributed by atoms with Crippen molar-refractivity contribution in [2.45, 2.75) is 78.3 Å². The van der Waals surface area contributed by atoms with Gasteiger partial charge in [-0.05, 0) is 47.9 Å². The molecule has 0 saturated carbocycles. The molecule has 1 unspecified atom stereocenters. The van der Waals surface area contributed by atoms with Gasteiger partial charge in [-0.3, -0.25) is 9.59 Å². The van der Waals surface area contributed by atoms with Crippen LogP contribution in [-0.4, -0.2) is 29.3 Å². The molecule has 196 valence electrons. The van der Waals surface area contributed by atoms with Crippen LogP contribution in [0.25, 0.3) is 0 Å². The predicted molar refractivity (Wildman–Crippen MR) is 152 cm³/mol. The SMILES string of the molecule is CCCCNC(=O)C(Cc1ccccc1)N(Cc1cccc(C)c1)C(=O)CCc1ccc(C(C)C)cc1. The zero-order valence-corrected chi connectivity index (χ0v) is 22.9. The van der Waals surface area contributed by atoms with Crippen LogP contribution in [0.5, 0.6) is 0 Å². The molecule has 1 atom stereocenters. The Labute approximate surface area is 223 Å². The summed E-state index contributed by atoms with van der Waals surface area (Å²) in [6, 6.07) is 26.1. The molecule has 0 saturated heterocycles. The normalized spacial score (nSPS) is 11.8. The molecule has 0 radical (unpaired) electrons. The van der Waals surface area contributed by atoms with Gasteiger partial charge in [0.05, 0.1) is 0 Å². The summed E-state index contributed by atoms with van der Waals surface area (Å²) in [4.78, 5) is 29.1. The lowest BCUT2D eigenvalue weighted by Crippen LogP contribution is -2.50. The predicted octanol–water partition coefficient (Wildman–Crippen LogP) is 6.61. The van der Waals surface area contributed by atoms with Crippen molar-refractivity contribution >= 4 is 11.8 Å². The van der Waals surface area contributed by atoms with Gasteiger partial charge in [0, 0.05) is 25.9 Å². The zero-order valence-electron chi connectivity index (χ0n) is 22.9. The second-order valence-electron chi connectivity index (χ2n) is 10.3. The van der Waals surface area contributed by atoms with E-state index in [1.165, 1.54) is 5.56 Å². The van der Waals surface area contributed by atoms with Gasteiger partial charge in [-0.15, -0.1) is 0 Å². The molecule has 3 rings (SSSR count). The van der Waals surface area contributed by atoms with Gasteiger partial charge in [0.1, 0.15) is 6.04 Å². The lowest BCUT2D eigenvalue weighted by atomic mass is 9.99. The van der Waals surface area contributed by atoms with Gasteiger partial charge in [0.25, 0.3) is 0 Å². The summed E-state index contributed by atoms with van der Waals surface area (Å²) < 4.78 is 0. The molecular formula is C33H42N2O2. The van der Waals surface area contributed by atoms with E-state index in [0.29, 0.717) is 38.3 Å². The molecule has 0 spiro atoms. The Balaban J connectivity index is 1.86. The molecule has 0 fully saturated rings. The Hall–Kier alpha value is -3.40. The van der Waals surface area contributed by atoms with Gasteiger partial charge in [-0.2, -0.15) is 0 Å². The number of unbranched alkanes of at least 4 members (excludes halogenated alkanes) is 1. The van der Waals surface area contributed by atoms with Gasteiger partial charge in [-0.25, -0.2) is 0 Å². The molecule has 0 aromatic heterocycles. The highest BCUT2D eigenvalue weighted by molar-refractivity contribution is 5.88. The lowest BCUT2D eigenvalue weighted by molar-refractivity contribution is -0.141. The molecule has 2 amide bonds. The van der Waals surface area contributed by atoms with E-state index in [9.17, 15) is 9.59 Å². The van der Waals surface area contributed by atoms with E-state index in [4.69, 9.17) is 0 Å². The average Bonchev–Trinajstić information content (AvgIpc) is 2.90. The third-order valence-corrected chi connectivity index (χ3v) is 6.81. The summed E-state index contributed by atoms with van der Waals surface area (Å²) in [5.41, 5.74) is 5.66. The van der Waals surface area contributed by atoms with E-state index in [1.807, 2.05) is 42.5 Å². The van der Waals surface area contributed by atoms with Gasteiger partial charge in [0.15, 0.2) is 0 Å². The second kappa shape index (κ2) is 14.4. The maximum absolute atomic E-state index is 13.8. The van der Waals surface area contributed by atoms with Crippen molar-refractivity contribution in [3.8, 4) is 0 Å². The van der Waals surface area contributed by atoms with Crippen LogP contribution in [0, 0.1) is 6.92 Å². The number of benzene rings is 3. The maximum Gasteiger partial charge on any atom is 0.243 e. The fraction of sp³-hybridized carbons (Fsp3) is 0.394. The molecule has 0 aliphatic carbocycles. The summed E-state index contributed by atoms with van der Waals surface area (Å²) in [5.74, 6) is 0.395. The van der Waals surface area contributed by atoms with Crippen LogP contribution >= 0.6 is 0 Å². The minimum absolute atomic E-state index is 0.000940. The first-order chi connectivity index (χ1) is 17.9. The van der Waals surface area contributed by atoms with E-state index >= 15 is 0 Å². The second-order valence-corrected chi connectivity index (χ2v) is 10.3. The van der Waals surface area contributed by atoms with E-state index in [-0.39, 0.29) is 11.8 Å². The summed E-state index contributed by atoms with van der Waals surface area (Å²) in [7, 11) is 0. The first kappa shape index (κ1) is 28.2. The number of aryl methyl sites for hydroxylation is 2. The summed E-state index contributed by atoms with van der Waals surface area (Å²) in [5, 5.41) is 3.09.